The molecule has 1 saturated heterocycles. The Bertz CT molecular complexity index is 1150. The van der Waals surface area contributed by atoms with Gasteiger partial charge in [0.1, 0.15) is 12.1 Å². The van der Waals surface area contributed by atoms with Gasteiger partial charge in [-0.1, -0.05) is 34.6 Å². The molecule has 0 aromatic carbocycles. The summed E-state index contributed by atoms with van der Waals surface area (Å²) < 4.78 is 39.0. The van der Waals surface area contributed by atoms with E-state index in [1.807, 2.05) is 19.2 Å². The zero-order chi connectivity index (χ0) is 26.8. The first-order valence-corrected chi connectivity index (χ1v) is 11.9. The van der Waals surface area contributed by atoms with Crippen LogP contribution in [0.15, 0.2) is 18.5 Å². The summed E-state index contributed by atoms with van der Waals surface area (Å²) in [6.45, 7) is 8.79. The number of rotatable bonds is 4. The summed E-state index contributed by atoms with van der Waals surface area (Å²) in [7, 11) is 0. The zero-order valence-electron chi connectivity index (χ0n) is 20.9. The summed E-state index contributed by atoms with van der Waals surface area (Å²) in [5.74, 6) is -3.73. The fraction of sp³-hybridized carbons (Fsp3) is 0.640. The van der Waals surface area contributed by atoms with Gasteiger partial charge >= 0.3 is 12.1 Å². The SMILES string of the molecule is CC(C)(C)[C@H](NC(=O)C(F)(F)F)C(=O)N1C[C@H]2[C@@H]([C@H]1C(=O)NC1(C#N)CCc3ccncc31)C2(C)C. The van der Waals surface area contributed by atoms with Gasteiger partial charge in [0, 0.05) is 24.5 Å². The topological polar surface area (TPSA) is 115 Å². The molecule has 1 aromatic rings. The van der Waals surface area contributed by atoms with Crippen molar-refractivity contribution in [1.29, 1.82) is 5.26 Å². The van der Waals surface area contributed by atoms with Gasteiger partial charge in [-0.05, 0) is 47.1 Å². The van der Waals surface area contributed by atoms with E-state index in [-0.39, 0.29) is 23.8 Å². The van der Waals surface area contributed by atoms with Crippen LogP contribution >= 0.6 is 0 Å². The van der Waals surface area contributed by atoms with E-state index in [1.165, 1.54) is 4.90 Å². The van der Waals surface area contributed by atoms with Crippen molar-refractivity contribution in [2.45, 2.75) is 71.3 Å². The van der Waals surface area contributed by atoms with E-state index >= 15 is 0 Å². The van der Waals surface area contributed by atoms with Crippen molar-refractivity contribution in [3.63, 3.8) is 0 Å². The van der Waals surface area contributed by atoms with Gasteiger partial charge in [-0.25, -0.2) is 0 Å². The zero-order valence-corrected chi connectivity index (χ0v) is 20.9. The van der Waals surface area contributed by atoms with Crippen LogP contribution in [0.4, 0.5) is 13.2 Å². The number of nitrogens with one attached hydrogen (secondary N) is 2. The summed E-state index contributed by atoms with van der Waals surface area (Å²) in [6.07, 6.45) is -1.06. The van der Waals surface area contributed by atoms with E-state index in [2.05, 4.69) is 16.4 Å². The maximum atomic E-state index is 13.7. The Hall–Kier alpha value is -3.16. The van der Waals surface area contributed by atoms with Crippen molar-refractivity contribution in [3.8, 4) is 6.07 Å². The molecule has 2 heterocycles. The van der Waals surface area contributed by atoms with E-state index in [0.29, 0.717) is 18.4 Å². The predicted octanol–water partition coefficient (Wildman–Crippen LogP) is 2.44. The largest absolute Gasteiger partial charge is 0.471 e. The summed E-state index contributed by atoms with van der Waals surface area (Å²) in [4.78, 5) is 44.5. The van der Waals surface area contributed by atoms with E-state index in [4.69, 9.17) is 0 Å². The van der Waals surface area contributed by atoms with Gasteiger partial charge in [-0.3, -0.25) is 19.4 Å². The fourth-order valence-corrected chi connectivity index (χ4v) is 5.88. The van der Waals surface area contributed by atoms with Crippen LogP contribution in [0.3, 0.4) is 0 Å². The van der Waals surface area contributed by atoms with Crippen molar-refractivity contribution in [1.82, 2.24) is 20.5 Å². The van der Waals surface area contributed by atoms with Crippen LogP contribution in [0.25, 0.3) is 0 Å². The average Bonchev–Trinajstić information content (AvgIpc) is 3.14. The minimum Gasteiger partial charge on any atom is -0.336 e. The number of nitrogens with zero attached hydrogens (tertiary/aromatic N) is 3. The molecule has 2 N–H and O–H groups in total. The molecule has 8 nitrogen and oxygen atoms in total. The number of aryl methyl sites for hydroxylation is 1. The Morgan fingerprint density at radius 3 is 2.50 bits per heavy atom. The van der Waals surface area contributed by atoms with Crippen LogP contribution in [0, 0.1) is 34.0 Å². The lowest BCUT2D eigenvalue weighted by Gasteiger charge is -2.38. The van der Waals surface area contributed by atoms with Crippen LogP contribution in [0.2, 0.25) is 0 Å². The van der Waals surface area contributed by atoms with Crippen molar-refractivity contribution in [2.24, 2.45) is 22.7 Å². The number of likely N-dealkylation sites (tertiary alicyclic amines) is 1. The van der Waals surface area contributed by atoms with Gasteiger partial charge in [0.2, 0.25) is 11.8 Å². The number of nitriles is 1. The molecule has 1 saturated carbocycles. The molecular weight excluding hydrogens is 475 g/mol. The number of piperidine rings is 1. The first kappa shape index (κ1) is 25.9. The first-order valence-electron chi connectivity index (χ1n) is 11.9. The number of alkyl halides is 3. The highest BCUT2D eigenvalue weighted by Crippen LogP contribution is 2.65. The summed E-state index contributed by atoms with van der Waals surface area (Å²) in [5, 5.41) is 14.8. The van der Waals surface area contributed by atoms with Gasteiger partial charge in [-0.15, -0.1) is 0 Å². The molecule has 1 unspecified atom stereocenters. The number of hydrogen-bond donors (Lipinski definition) is 2. The van der Waals surface area contributed by atoms with Crippen LogP contribution in [-0.2, 0) is 26.3 Å². The number of hydrogen-bond acceptors (Lipinski definition) is 5. The summed E-state index contributed by atoms with van der Waals surface area (Å²) in [5.41, 5.74) is -1.10. The molecule has 1 aliphatic heterocycles. The van der Waals surface area contributed by atoms with Crippen LogP contribution < -0.4 is 10.6 Å². The maximum Gasteiger partial charge on any atom is 0.471 e. The average molecular weight is 506 g/mol. The number of carbonyl (C=O) groups is 3. The second-order valence-corrected chi connectivity index (χ2v) is 11.7. The predicted molar refractivity (Wildman–Crippen MR) is 122 cm³/mol. The molecule has 194 valence electrons. The van der Waals surface area contributed by atoms with Gasteiger partial charge in [-0.2, -0.15) is 18.4 Å². The van der Waals surface area contributed by atoms with Crippen molar-refractivity contribution in [2.75, 3.05) is 6.54 Å². The summed E-state index contributed by atoms with van der Waals surface area (Å²) in [6, 6.07) is 1.54. The third-order valence-corrected chi connectivity index (χ3v) is 8.07. The fourth-order valence-electron chi connectivity index (χ4n) is 5.88. The molecule has 2 fully saturated rings. The third kappa shape index (κ3) is 4.10. The molecule has 3 amide bonds. The minimum atomic E-state index is -5.15. The molecule has 2 aliphatic carbocycles. The first-order chi connectivity index (χ1) is 16.5. The second-order valence-electron chi connectivity index (χ2n) is 11.7. The quantitative estimate of drug-likeness (QED) is 0.652. The molecule has 0 radical (unpaired) electrons. The number of carbonyl (C=O) groups excluding carboxylic acids is 3. The van der Waals surface area contributed by atoms with Crippen LogP contribution in [0.5, 0.6) is 0 Å². The van der Waals surface area contributed by atoms with Crippen molar-refractivity contribution < 1.29 is 27.6 Å². The molecule has 0 spiro atoms. The Balaban J connectivity index is 1.64. The molecule has 36 heavy (non-hydrogen) atoms. The number of aromatic nitrogens is 1. The number of amides is 3. The highest BCUT2D eigenvalue weighted by Gasteiger charge is 2.70. The monoisotopic (exact) mass is 505 g/mol. The standard InChI is InChI=1S/C25H30F3N5O3/c1-22(2,3)18(31-21(36)25(26,27)28)20(35)33-11-15-16(23(15,4)5)17(33)19(34)32-24(12-29)8-6-13-7-9-30-10-14(13)24/h7,9-10,15-18H,6,8,11H2,1-5H3,(H,31,36)(H,32,34)/t15-,16-,17-,18+,24?/m0/s1. The minimum absolute atomic E-state index is 0.0216. The Morgan fingerprint density at radius 2 is 1.92 bits per heavy atom. The number of fused-ring (bicyclic) bond motifs is 2. The second kappa shape index (κ2) is 8.18. The normalized spacial score (nSPS) is 29.0. The van der Waals surface area contributed by atoms with E-state index in [1.54, 1.807) is 39.2 Å². The van der Waals surface area contributed by atoms with E-state index in [0.717, 1.165) is 5.56 Å². The molecular formula is C25H30F3N5O3. The van der Waals surface area contributed by atoms with Gasteiger partial charge < -0.3 is 15.5 Å². The smallest absolute Gasteiger partial charge is 0.336 e. The van der Waals surface area contributed by atoms with Crippen molar-refractivity contribution in [3.05, 3.63) is 29.6 Å². The number of halogens is 3. The molecule has 5 atom stereocenters. The Morgan fingerprint density at radius 1 is 1.25 bits per heavy atom. The highest BCUT2D eigenvalue weighted by molar-refractivity contribution is 5.95. The van der Waals surface area contributed by atoms with Crippen LogP contribution in [0.1, 0.15) is 52.2 Å². The summed E-state index contributed by atoms with van der Waals surface area (Å²) >= 11 is 0. The van der Waals surface area contributed by atoms with Crippen molar-refractivity contribution >= 4 is 17.7 Å². The lowest BCUT2D eigenvalue weighted by atomic mass is 9.85. The van der Waals surface area contributed by atoms with Gasteiger partial charge in [0.25, 0.3) is 0 Å². The van der Waals surface area contributed by atoms with E-state index in [9.17, 15) is 32.8 Å². The lowest BCUT2D eigenvalue weighted by Crippen LogP contribution is -2.61. The Labute approximate surface area is 207 Å². The van der Waals surface area contributed by atoms with Gasteiger partial charge in [0.05, 0.1) is 6.07 Å². The molecule has 3 aliphatic rings. The molecule has 1 aromatic heterocycles. The molecule has 4 rings (SSSR count). The molecule has 0 bridgehead atoms. The molecule has 11 heteroatoms. The lowest BCUT2D eigenvalue weighted by molar-refractivity contribution is -0.176. The Kier molecular flexibility index (Phi) is 5.89. The third-order valence-electron chi connectivity index (χ3n) is 8.07. The maximum absolute atomic E-state index is 13.7. The highest BCUT2D eigenvalue weighted by atomic mass is 19.4. The van der Waals surface area contributed by atoms with Crippen LogP contribution in [-0.4, -0.2) is 52.4 Å². The number of pyridine rings is 1. The van der Waals surface area contributed by atoms with Gasteiger partial charge in [0.15, 0.2) is 5.54 Å². The van der Waals surface area contributed by atoms with E-state index < -0.39 is 46.9 Å².